The standard InChI is InChI=1S/C12H13NO2/c1-15-10-4-5-12-11(7-10)9(8-13-12)3-2-6-14/h2-5,7-8,13-14H,6H2,1H3. The number of nitrogens with one attached hydrogen (secondary N) is 1. The van der Waals surface area contributed by atoms with Gasteiger partial charge in [0.15, 0.2) is 0 Å². The van der Waals surface area contributed by atoms with E-state index in [1.807, 2.05) is 30.5 Å². The number of fused-ring (bicyclic) bond motifs is 1. The van der Waals surface area contributed by atoms with Crippen molar-refractivity contribution in [1.29, 1.82) is 0 Å². The third kappa shape index (κ3) is 1.87. The first kappa shape index (κ1) is 9.80. The molecule has 1 aromatic heterocycles. The van der Waals surface area contributed by atoms with E-state index in [2.05, 4.69) is 4.98 Å². The van der Waals surface area contributed by atoms with Crippen LogP contribution in [0.2, 0.25) is 0 Å². The summed E-state index contributed by atoms with van der Waals surface area (Å²) in [6, 6.07) is 5.87. The lowest BCUT2D eigenvalue weighted by molar-refractivity contribution is 0.343. The Morgan fingerprint density at radius 1 is 1.47 bits per heavy atom. The molecular weight excluding hydrogens is 190 g/mol. The van der Waals surface area contributed by atoms with Crippen molar-refractivity contribution >= 4 is 17.0 Å². The molecule has 15 heavy (non-hydrogen) atoms. The van der Waals surface area contributed by atoms with Crippen LogP contribution in [-0.2, 0) is 0 Å². The molecule has 0 aliphatic rings. The maximum Gasteiger partial charge on any atom is 0.119 e. The van der Waals surface area contributed by atoms with Crippen molar-refractivity contribution < 1.29 is 9.84 Å². The molecule has 3 nitrogen and oxygen atoms in total. The summed E-state index contributed by atoms with van der Waals surface area (Å²) in [6.07, 6.45) is 5.51. The minimum absolute atomic E-state index is 0.0522. The molecule has 1 aromatic carbocycles. The van der Waals surface area contributed by atoms with Crippen LogP contribution in [0.3, 0.4) is 0 Å². The Hall–Kier alpha value is -1.74. The first-order valence-electron chi connectivity index (χ1n) is 4.77. The van der Waals surface area contributed by atoms with Gasteiger partial charge in [0, 0.05) is 17.1 Å². The van der Waals surface area contributed by atoms with Crippen LogP contribution in [0.25, 0.3) is 17.0 Å². The van der Waals surface area contributed by atoms with Crippen molar-refractivity contribution in [3.8, 4) is 5.75 Å². The summed E-state index contributed by atoms with van der Waals surface area (Å²) >= 11 is 0. The average molecular weight is 203 g/mol. The van der Waals surface area contributed by atoms with E-state index in [0.717, 1.165) is 22.2 Å². The fourth-order valence-electron chi connectivity index (χ4n) is 1.57. The number of hydrogen-bond donors (Lipinski definition) is 2. The number of aromatic amines is 1. The predicted octanol–water partition coefficient (Wildman–Crippen LogP) is 2.18. The highest BCUT2D eigenvalue weighted by molar-refractivity contribution is 5.89. The van der Waals surface area contributed by atoms with Gasteiger partial charge in [-0.05, 0) is 23.8 Å². The summed E-state index contributed by atoms with van der Waals surface area (Å²) in [5.41, 5.74) is 2.12. The summed E-state index contributed by atoms with van der Waals surface area (Å²) in [6.45, 7) is 0.0522. The van der Waals surface area contributed by atoms with E-state index in [4.69, 9.17) is 9.84 Å². The van der Waals surface area contributed by atoms with E-state index in [1.165, 1.54) is 0 Å². The fourth-order valence-corrected chi connectivity index (χ4v) is 1.57. The first-order valence-corrected chi connectivity index (χ1v) is 4.77. The zero-order valence-corrected chi connectivity index (χ0v) is 8.53. The van der Waals surface area contributed by atoms with Gasteiger partial charge in [-0.15, -0.1) is 0 Å². The van der Waals surface area contributed by atoms with E-state index < -0.39 is 0 Å². The van der Waals surface area contributed by atoms with E-state index in [1.54, 1.807) is 13.2 Å². The molecule has 0 aliphatic heterocycles. The Labute approximate surface area is 88.0 Å². The Morgan fingerprint density at radius 3 is 3.07 bits per heavy atom. The molecule has 1 heterocycles. The minimum atomic E-state index is 0.0522. The maximum absolute atomic E-state index is 8.72. The lowest BCUT2D eigenvalue weighted by atomic mass is 10.1. The van der Waals surface area contributed by atoms with Crippen molar-refractivity contribution in [2.75, 3.05) is 13.7 Å². The number of methoxy groups -OCH3 is 1. The van der Waals surface area contributed by atoms with Crippen LogP contribution in [0, 0.1) is 0 Å². The molecule has 0 unspecified atom stereocenters. The normalized spacial score (nSPS) is 11.3. The van der Waals surface area contributed by atoms with Crippen molar-refractivity contribution in [2.24, 2.45) is 0 Å². The van der Waals surface area contributed by atoms with Crippen molar-refractivity contribution in [2.45, 2.75) is 0 Å². The van der Waals surface area contributed by atoms with Crippen LogP contribution in [0.4, 0.5) is 0 Å². The summed E-state index contributed by atoms with van der Waals surface area (Å²) in [5.74, 6) is 0.834. The Balaban J connectivity index is 2.51. The second-order valence-corrected chi connectivity index (χ2v) is 3.24. The summed E-state index contributed by atoms with van der Waals surface area (Å²) < 4.78 is 5.16. The summed E-state index contributed by atoms with van der Waals surface area (Å²) in [4.78, 5) is 3.16. The molecule has 0 saturated carbocycles. The third-order valence-corrected chi connectivity index (χ3v) is 2.32. The molecule has 78 valence electrons. The minimum Gasteiger partial charge on any atom is -0.497 e. The van der Waals surface area contributed by atoms with E-state index in [9.17, 15) is 0 Å². The average Bonchev–Trinajstić information content (AvgIpc) is 2.68. The van der Waals surface area contributed by atoms with Gasteiger partial charge in [-0.3, -0.25) is 0 Å². The molecule has 0 aliphatic carbocycles. The van der Waals surface area contributed by atoms with Gasteiger partial charge >= 0.3 is 0 Å². The maximum atomic E-state index is 8.72. The van der Waals surface area contributed by atoms with Crippen LogP contribution >= 0.6 is 0 Å². The molecule has 2 rings (SSSR count). The SMILES string of the molecule is COc1ccc2[nH]cc(C=CCO)c2c1. The molecule has 0 radical (unpaired) electrons. The molecule has 0 atom stereocenters. The number of aromatic nitrogens is 1. The number of aliphatic hydroxyl groups excluding tert-OH is 1. The van der Waals surface area contributed by atoms with Crippen LogP contribution in [-0.4, -0.2) is 23.8 Å². The molecular formula is C12H13NO2. The quantitative estimate of drug-likeness (QED) is 0.803. The number of aliphatic hydroxyl groups is 1. The third-order valence-electron chi connectivity index (χ3n) is 2.32. The van der Waals surface area contributed by atoms with Gasteiger partial charge in [-0.25, -0.2) is 0 Å². The smallest absolute Gasteiger partial charge is 0.119 e. The monoisotopic (exact) mass is 203 g/mol. The molecule has 0 saturated heterocycles. The second kappa shape index (κ2) is 4.19. The lowest BCUT2D eigenvalue weighted by Gasteiger charge is -1.99. The van der Waals surface area contributed by atoms with Crippen LogP contribution in [0.1, 0.15) is 5.56 Å². The summed E-state index contributed by atoms with van der Waals surface area (Å²) in [5, 5.41) is 9.81. The van der Waals surface area contributed by atoms with Crippen molar-refractivity contribution in [3.63, 3.8) is 0 Å². The molecule has 2 N–H and O–H groups in total. The second-order valence-electron chi connectivity index (χ2n) is 3.24. The van der Waals surface area contributed by atoms with E-state index in [0.29, 0.717) is 0 Å². The van der Waals surface area contributed by atoms with Crippen molar-refractivity contribution in [1.82, 2.24) is 4.98 Å². The molecule has 3 heteroatoms. The molecule has 0 bridgehead atoms. The van der Waals surface area contributed by atoms with Crippen LogP contribution < -0.4 is 4.74 Å². The van der Waals surface area contributed by atoms with Gasteiger partial charge in [0.25, 0.3) is 0 Å². The highest BCUT2D eigenvalue weighted by atomic mass is 16.5. The molecule has 0 fully saturated rings. The summed E-state index contributed by atoms with van der Waals surface area (Å²) in [7, 11) is 1.65. The fraction of sp³-hybridized carbons (Fsp3) is 0.167. The number of hydrogen-bond acceptors (Lipinski definition) is 2. The van der Waals surface area contributed by atoms with E-state index in [-0.39, 0.29) is 6.61 Å². The van der Waals surface area contributed by atoms with Gasteiger partial charge < -0.3 is 14.8 Å². The molecule has 0 spiro atoms. The van der Waals surface area contributed by atoms with Gasteiger partial charge in [0.2, 0.25) is 0 Å². The first-order chi connectivity index (χ1) is 7.35. The molecule has 0 amide bonds. The Morgan fingerprint density at radius 2 is 2.33 bits per heavy atom. The number of H-pyrrole nitrogens is 1. The highest BCUT2D eigenvalue weighted by Crippen LogP contribution is 2.24. The largest absolute Gasteiger partial charge is 0.497 e. The highest BCUT2D eigenvalue weighted by Gasteiger charge is 2.01. The van der Waals surface area contributed by atoms with E-state index >= 15 is 0 Å². The van der Waals surface area contributed by atoms with Crippen LogP contribution in [0.15, 0.2) is 30.5 Å². The lowest BCUT2D eigenvalue weighted by Crippen LogP contribution is -1.81. The predicted molar refractivity (Wildman–Crippen MR) is 61.0 cm³/mol. The zero-order valence-electron chi connectivity index (χ0n) is 8.53. The molecule has 2 aromatic rings. The number of benzene rings is 1. The Bertz CT molecular complexity index is 485. The van der Waals surface area contributed by atoms with Gasteiger partial charge in [-0.2, -0.15) is 0 Å². The zero-order chi connectivity index (χ0) is 10.7. The van der Waals surface area contributed by atoms with Crippen molar-refractivity contribution in [3.05, 3.63) is 36.0 Å². The number of rotatable bonds is 3. The number of ether oxygens (including phenoxy) is 1. The van der Waals surface area contributed by atoms with Gasteiger partial charge in [0.05, 0.1) is 13.7 Å². The van der Waals surface area contributed by atoms with Gasteiger partial charge in [-0.1, -0.05) is 12.2 Å². The Kier molecular flexibility index (Phi) is 2.74. The topological polar surface area (TPSA) is 45.2 Å². The van der Waals surface area contributed by atoms with Gasteiger partial charge in [0.1, 0.15) is 5.75 Å². The van der Waals surface area contributed by atoms with Crippen LogP contribution in [0.5, 0.6) is 5.75 Å².